The summed E-state index contributed by atoms with van der Waals surface area (Å²) in [5, 5.41) is 0. The van der Waals surface area contributed by atoms with Gasteiger partial charge in [0.05, 0.1) is 11.4 Å². The van der Waals surface area contributed by atoms with E-state index in [0.717, 1.165) is 31.4 Å². The molecule has 0 amide bonds. The molecule has 0 bridgehead atoms. The third-order valence-corrected chi connectivity index (χ3v) is 4.24. The molecule has 17 heavy (non-hydrogen) atoms. The van der Waals surface area contributed by atoms with E-state index < -0.39 is 0 Å². The molecule has 0 aliphatic rings. The van der Waals surface area contributed by atoms with E-state index in [1.807, 2.05) is 12.4 Å². The van der Waals surface area contributed by atoms with Gasteiger partial charge < -0.3 is 0 Å². The van der Waals surface area contributed by atoms with Crippen molar-refractivity contribution in [2.75, 3.05) is 0 Å². The van der Waals surface area contributed by atoms with Crippen molar-refractivity contribution >= 4 is 0 Å². The summed E-state index contributed by atoms with van der Waals surface area (Å²) >= 11 is 0. The van der Waals surface area contributed by atoms with Gasteiger partial charge in [-0.25, -0.2) is 0 Å². The van der Waals surface area contributed by atoms with Crippen LogP contribution in [0.25, 0.3) is 0 Å². The summed E-state index contributed by atoms with van der Waals surface area (Å²) in [6.07, 6.45) is 8.40. The van der Waals surface area contributed by atoms with E-state index in [4.69, 9.17) is 4.98 Å². The van der Waals surface area contributed by atoms with E-state index in [1.165, 1.54) is 5.69 Å². The molecule has 0 saturated heterocycles. The first-order valence-corrected chi connectivity index (χ1v) is 6.93. The Hall–Kier alpha value is -0.920. The standard InChI is InChI=1S/C15H26N2/c1-6-12(7-2)13-10-16-11-14(17-13)15(5,8-3)9-4/h10-12H,6-9H2,1-5H3. The summed E-state index contributed by atoms with van der Waals surface area (Å²) in [6, 6.07) is 0. The van der Waals surface area contributed by atoms with Crippen LogP contribution in [0, 0.1) is 0 Å². The second-order valence-electron chi connectivity index (χ2n) is 5.11. The molecule has 0 N–H and O–H groups in total. The van der Waals surface area contributed by atoms with Crippen molar-refractivity contribution in [3.05, 3.63) is 23.8 Å². The van der Waals surface area contributed by atoms with Gasteiger partial charge in [-0.3, -0.25) is 9.97 Å². The molecule has 0 spiro atoms. The summed E-state index contributed by atoms with van der Waals surface area (Å²) in [5.41, 5.74) is 2.50. The minimum absolute atomic E-state index is 0.176. The topological polar surface area (TPSA) is 25.8 Å². The van der Waals surface area contributed by atoms with E-state index in [1.54, 1.807) is 0 Å². The maximum atomic E-state index is 4.87. The summed E-state index contributed by atoms with van der Waals surface area (Å²) in [6.45, 7) is 11.2. The summed E-state index contributed by atoms with van der Waals surface area (Å²) in [4.78, 5) is 9.27. The smallest absolute Gasteiger partial charge is 0.0648 e. The maximum absolute atomic E-state index is 4.87. The van der Waals surface area contributed by atoms with Crippen molar-refractivity contribution in [3.8, 4) is 0 Å². The third kappa shape index (κ3) is 3.05. The van der Waals surface area contributed by atoms with Gasteiger partial charge in [0, 0.05) is 23.7 Å². The fourth-order valence-electron chi connectivity index (χ4n) is 2.19. The van der Waals surface area contributed by atoms with Gasteiger partial charge in [0.1, 0.15) is 0 Å². The van der Waals surface area contributed by atoms with Crippen LogP contribution < -0.4 is 0 Å². The highest BCUT2D eigenvalue weighted by Gasteiger charge is 2.25. The van der Waals surface area contributed by atoms with Gasteiger partial charge in [-0.1, -0.05) is 34.6 Å². The fourth-order valence-corrected chi connectivity index (χ4v) is 2.19. The zero-order valence-electron chi connectivity index (χ0n) is 12.0. The Balaban J connectivity index is 3.08. The molecule has 0 unspecified atom stereocenters. The molecular weight excluding hydrogens is 208 g/mol. The number of rotatable bonds is 6. The van der Waals surface area contributed by atoms with E-state index in [0.29, 0.717) is 5.92 Å². The minimum atomic E-state index is 0.176. The molecule has 1 aromatic rings. The van der Waals surface area contributed by atoms with E-state index in [-0.39, 0.29) is 5.41 Å². The Labute approximate surface area is 106 Å². The molecule has 0 atom stereocenters. The number of hydrogen-bond acceptors (Lipinski definition) is 2. The Morgan fingerprint density at radius 2 is 1.65 bits per heavy atom. The lowest BCUT2D eigenvalue weighted by Crippen LogP contribution is -2.22. The van der Waals surface area contributed by atoms with Crippen molar-refractivity contribution in [2.45, 2.75) is 71.6 Å². The lowest BCUT2D eigenvalue weighted by molar-refractivity contribution is 0.420. The predicted octanol–water partition coefficient (Wildman–Crippen LogP) is 4.46. The Bertz CT molecular complexity index is 339. The SMILES string of the molecule is CCC(CC)c1cncc(C(C)(CC)CC)n1. The normalized spacial score (nSPS) is 12.1. The number of aromatic nitrogens is 2. The molecule has 1 aromatic heterocycles. The van der Waals surface area contributed by atoms with Crippen LogP contribution in [0.4, 0.5) is 0 Å². The highest BCUT2D eigenvalue weighted by atomic mass is 14.8. The van der Waals surface area contributed by atoms with Crippen LogP contribution in [-0.2, 0) is 5.41 Å². The minimum Gasteiger partial charge on any atom is -0.261 e. The van der Waals surface area contributed by atoms with Gasteiger partial charge in [-0.2, -0.15) is 0 Å². The first-order valence-electron chi connectivity index (χ1n) is 6.93. The van der Waals surface area contributed by atoms with Crippen LogP contribution in [0.15, 0.2) is 12.4 Å². The molecule has 0 aliphatic carbocycles. The molecule has 2 nitrogen and oxygen atoms in total. The zero-order valence-corrected chi connectivity index (χ0v) is 12.0. The summed E-state index contributed by atoms with van der Waals surface area (Å²) in [7, 11) is 0. The van der Waals surface area contributed by atoms with Crippen molar-refractivity contribution in [1.29, 1.82) is 0 Å². The molecular formula is C15H26N2. The van der Waals surface area contributed by atoms with Gasteiger partial charge in [-0.15, -0.1) is 0 Å². The van der Waals surface area contributed by atoms with E-state index >= 15 is 0 Å². The van der Waals surface area contributed by atoms with Gasteiger partial charge >= 0.3 is 0 Å². The predicted molar refractivity (Wildman–Crippen MR) is 73.3 cm³/mol. The average molecular weight is 234 g/mol. The third-order valence-electron chi connectivity index (χ3n) is 4.24. The van der Waals surface area contributed by atoms with Crippen molar-refractivity contribution in [3.63, 3.8) is 0 Å². The number of hydrogen-bond donors (Lipinski definition) is 0. The van der Waals surface area contributed by atoms with Crippen molar-refractivity contribution in [2.24, 2.45) is 0 Å². The monoisotopic (exact) mass is 234 g/mol. The second kappa shape index (κ2) is 6.13. The van der Waals surface area contributed by atoms with Crippen molar-refractivity contribution in [1.82, 2.24) is 9.97 Å². The zero-order chi connectivity index (χ0) is 12.9. The van der Waals surface area contributed by atoms with Crippen LogP contribution in [0.3, 0.4) is 0 Å². The first-order chi connectivity index (χ1) is 8.11. The van der Waals surface area contributed by atoms with Crippen LogP contribution >= 0.6 is 0 Å². The molecule has 2 heteroatoms. The molecule has 0 aromatic carbocycles. The number of nitrogens with zero attached hydrogens (tertiary/aromatic N) is 2. The average Bonchev–Trinajstić information content (AvgIpc) is 2.39. The Kier molecular flexibility index (Phi) is 5.10. The Morgan fingerprint density at radius 3 is 2.12 bits per heavy atom. The molecule has 1 heterocycles. The van der Waals surface area contributed by atoms with Crippen LogP contribution in [-0.4, -0.2) is 9.97 Å². The van der Waals surface area contributed by atoms with Crippen LogP contribution in [0.2, 0.25) is 0 Å². The van der Waals surface area contributed by atoms with Gasteiger partial charge in [0.2, 0.25) is 0 Å². The molecule has 0 radical (unpaired) electrons. The van der Waals surface area contributed by atoms with E-state index in [9.17, 15) is 0 Å². The highest BCUT2D eigenvalue weighted by Crippen LogP contribution is 2.30. The van der Waals surface area contributed by atoms with Crippen LogP contribution in [0.1, 0.15) is 77.6 Å². The summed E-state index contributed by atoms with van der Waals surface area (Å²) in [5.74, 6) is 0.556. The quantitative estimate of drug-likeness (QED) is 0.726. The summed E-state index contributed by atoms with van der Waals surface area (Å²) < 4.78 is 0. The van der Waals surface area contributed by atoms with Crippen LogP contribution in [0.5, 0.6) is 0 Å². The maximum Gasteiger partial charge on any atom is 0.0648 e. The molecule has 0 fully saturated rings. The van der Waals surface area contributed by atoms with Gasteiger partial charge in [0.25, 0.3) is 0 Å². The highest BCUT2D eigenvalue weighted by molar-refractivity contribution is 5.16. The van der Waals surface area contributed by atoms with Crippen molar-refractivity contribution < 1.29 is 0 Å². The molecule has 96 valence electrons. The lowest BCUT2D eigenvalue weighted by Gasteiger charge is -2.26. The lowest BCUT2D eigenvalue weighted by atomic mass is 9.81. The molecule has 0 saturated carbocycles. The van der Waals surface area contributed by atoms with Gasteiger partial charge in [0.15, 0.2) is 0 Å². The molecule has 1 rings (SSSR count). The molecule has 0 aliphatic heterocycles. The van der Waals surface area contributed by atoms with Gasteiger partial charge in [-0.05, 0) is 25.7 Å². The largest absolute Gasteiger partial charge is 0.261 e. The first kappa shape index (κ1) is 14.1. The second-order valence-corrected chi connectivity index (χ2v) is 5.11. The van der Waals surface area contributed by atoms with E-state index in [2.05, 4.69) is 39.6 Å². The fraction of sp³-hybridized carbons (Fsp3) is 0.733. The Morgan fingerprint density at radius 1 is 1.06 bits per heavy atom.